The second kappa shape index (κ2) is 5.16. The van der Waals surface area contributed by atoms with Crippen LogP contribution in [0.25, 0.3) is 10.9 Å². The van der Waals surface area contributed by atoms with Crippen molar-refractivity contribution in [1.82, 2.24) is 9.97 Å². The van der Waals surface area contributed by atoms with E-state index in [1.165, 1.54) is 0 Å². The lowest BCUT2D eigenvalue weighted by Crippen LogP contribution is -2.14. The Labute approximate surface area is 112 Å². The Morgan fingerprint density at radius 3 is 2.68 bits per heavy atom. The van der Waals surface area contributed by atoms with Gasteiger partial charge in [0, 0.05) is 35.9 Å². The van der Waals surface area contributed by atoms with E-state index >= 15 is 0 Å². The molecule has 0 fully saturated rings. The van der Waals surface area contributed by atoms with E-state index in [4.69, 9.17) is 5.73 Å². The molecule has 1 unspecified atom stereocenters. The van der Waals surface area contributed by atoms with Crippen LogP contribution in [0, 0.1) is 0 Å². The summed E-state index contributed by atoms with van der Waals surface area (Å²) in [6.07, 6.45) is 4.34. The van der Waals surface area contributed by atoms with E-state index in [-0.39, 0.29) is 6.04 Å². The van der Waals surface area contributed by atoms with Crippen LogP contribution >= 0.6 is 0 Å². The molecule has 3 nitrogen and oxygen atoms in total. The smallest absolute Gasteiger partial charge is 0.0702 e. The highest BCUT2D eigenvalue weighted by molar-refractivity contribution is 5.79. The van der Waals surface area contributed by atoms with Gasteiger partial charge < -0.3 is 5.73 Å². The molecular formula is C16H15N3. The van der Waals surface area contributed by atoms with Gasteiger partial charge in [0.1, 0.15) is 0 Å². The van der Waals surface area contributed by atoms with E-state index in [2.05, 4.69) is 22.1 Å². The fourth-order valence-corrected chi connectivity index (χ4v) is 2.19. The summed E-state index contributed by atoms with van der Waals surface area (Å²) in [5.74, 6) is 0. The van der Waals surface area contributed by atoms with Crippen molar-refractivity contribution in [3.8, 4) is 0 Å². The summed E-state index contributed by atoms with van der Waals surface area (Å²) in [5, 5.41) is 1.12. The van der Waals surface area contributed by atoms with Gasteiger partial charge >= 0.3 is 0 Å². The summed E-state index contributed by atoms with van der Waals surface area (Å²) in [4.78, 5) is 8.63. The van der Waals surface area contributed by atoms with Gasteiger partial charge in [0.15, 0.2) is 0 Å². The van der Waals surface area contributed by atoms with E-state index < -0.39 is 0 Å². The molecule has 0 bridgehead atoms. The van der Waals surface area contributed by atoms with Crippen molar-refractivity contribution in [1.29, 1.82) is 0 Å². The summed E-state index contributed by atoms with van der Waals surface area (Å²) in [7, 11) is 0. The van der Waals surface area contributed by atoms with Crippen molar-refractivity contribution in [2.45, 2.75) is 12.5 Å². The maximum Gasteiger partial charge on any atom is 0.0702 e. The third-order valence-electron chi connectivity index (χ3n) is 3.21. The molecule has 3 heteroatoms. The molecular weight excluding hydrogens is 234 g/mol. The molecule has 19 heavy (non-hydrogen) atoms. The fourth-order valence-electron chi connectivity index (χ4n) is 2.19. The Balaban J connectivity index is 1.87. The highest BCUT2D eigenvalue weighted by Crippen LogP contribution is 2.19. The Kier molecular flexibility index (Phi) is 3.21. The molecule has 0 amide bonds. The van der Waals surface area contributed by atoms with E-state index in [0.717, 1.165) is 28.6 Å². The Morgan fingerprint density at radius 2 is 1.84 bits per heavy atom. The van der Waals surface area contributed by atoms with Crippen LogP contribution in [0.5, 0.6) is 0 Å². The standard InChI is InChI=1S/C16H15N3/c17-15(11-14-5-1-2-8-18-14)12-6-7-16-13(10-12)4-3-9-19-16/h1-10,15H,11,17H2. The van der Waals surface area contributed by atoms with Crippen LogP contribution in [-0.2, 0) is 6.42 Å². The molecule has 0 aliphatic rings. The minimum atomic E-state index is -0.0421. The van der Waals surface area contributed by atoms with Crippen molar-refractivity contribution in [2.24, 2.45) is 5.73 Å². The zero-order valence-electron chi connectivity index (χ0n) is 10.5. The first-order chi connectivity index (χ1) is 9.33. The number of fused-ring (bicyclic) bond motifs is 1. The minimum Gasteiger partial charge on any atom is -0.324 e. The molecule has 2 heterocycles. The second-order valence-electron chi connectivity index (χ2n) is 4.59. The summed E-state index contributed by atoms with van der Waals surface area (Å²) in [6, 6.07) is 16.0. The zero-order chi connectivity index (χ0) is 13.1. The van der Waals surface area contributed by atoms with Gasteiger partial charge in [-0.15, -0.1) is 0 Å². The monoisotopic (exact) mass is 249 g/mol. The topological polar surface area (TPSA) is 51.8 Å². The lowest BCUT2D eigenvalue weighted by Gasteiger charge is -2.12. The zero-order valence-corrected chi connectivity index (χ0v) is 10.5. The molecule has 0 radical (unpaired) electrons. The largest absolute Gasteiger partial charge is 0.324 e. The van der Waals surface area contributed by atoms with Crippen LogP contribution in [0.2, 0.25) is 0 Å². The number of nitrogens with two attached hydrogens (primary N) is 1. The normalized spacial score (nSPS) is 12.5. The quantitative estimate of drug-likeness (QED) is 0.776. The van der Waals surface area contributed by atoms with E-state index in [9.17, 15) is 0 Å². The Hall–Kier alpha value is -2.26. The third kappa shape index (κ3) is 2.61. The van der Waals surface area contributed by atoms with Crippen molar-refractivity contribution < 1.29 is 0 Å². The average Bonchev–Trinajstić information content (AvgIpc) is 2.48. The molecule has 94 valence electrons. The average molecular weight is 249 g/mol. The maximum absolute atomic E-state index is 6.26. The number of pyridine rings is 2. The van der Waals surface area contributed by atoms with Crippen LogP contribution in [0.1, 0.15) is 17.3 Å². The van der Waals surface area contributed by atoms with Crippen LogP contribution in [0.15, 0.2) is 60.9 Å². The lowest BCUT2D eigenvalue weighted by atomic mass is 10.0. The maximum atomic E-state index is 6.26. The van der Waals surface area contributed by atoms with Crippen molar-refractivity contribution in [3.63, 3.8) is 0 Å². The van der Waals surface area contributed by atoms with Gasteiger partial charge in [-0.1, -0.05) is 18.2 Å². The van der Waals surface area contributed by atoms with Crippen LogP contribution < -0.4 is 5.73 Å². The highest BCUT2D eigenvalue weighted by Gasteiger charge is 2.08. The second-order valence-corrected chi connectivity index (χ2v) is 4.59. The molecule has 0 spiro atoms. The summed E-state index contributed by atoms with van der Waals surface area (Å²) >= 11 is 0. The van der Waals surface area contributed by atoms with E-state index in [0.29, 0.717) is 0 Å². The predicted molar refractivity (Wildman–Crippen MR) is 76.6 cm³/mol. The van der Waals surface area contributed by atoms with Crippen LogP contribution in [0.4, 0.5) is 0 Å². The molecule has 0 aliphatic carbocycles. The molecule has 3 aromatic rings. The van der Waals surface area contributed by atoms with Gasteiger partial charge in [-0.2, -0.15) is 0 Å². The molecule has 0 aliphatic heterocycles. The van der Waals surface area contributed by atoms with E-state index in [1.807, 2.05) is 36.4 Å². The van der Waals surface area contributed by atoms with Crippen LogP contribution in [0.3, 0.4) is 0 Å². The molecule has 2 N–H and O–H groups in total. The highest BCUT2D eigenvalue weighted by atomic mass is 14.7. The molecule has 3 rings (SSSR count). The number of rotatable bonds is 3. The van der Waals surface area contributed by atoms with Crippen molar-refractivity contribution >= 4 is 10.9 Å². The Bertz CT molecular complexity index is 680. The van der Waals surface area contributed by atoms with Gasteiger partial charge in [0.05, 0.1) is 5.52 Å². The van der Waals surface area contributed by atoms with Crippen molar-refractivity contribution in [2.75, 3.05) is 0 Å². The number of nitrogens with zero attached hydrogens (tertiary/aromatic N) is 2. The van der Waals surface area contributed by atoms with E-state index in [1.54, 1.807) is 12.4 Å². The van der Waals surface area contributed by atoms with Crippen LogP contribution in [-0.4, -0.2) is 9.97 Å². The lowest BCUT2D eigenvalue weighted by molar-refractivity contribution is 0.707. The molecule has 1 aromatic carbocycles. The summed E-state index contributed by atoms with van der Waals surface area (Å²) in [6.45, 7) is 0. The number of hydrogen-bond donors (Lipinski definition) is 1. The first-order valence-electron chi connectivity index (χ1n) is 6.33. The van der Waals surface area contributed by atoms with Crippen molar-refractivity contribution in [3.05, 3.63) is 72.2 Å². The number of benzene rings is 1. The number of aromatic nitrogens is 2. The SMILES string of the molecule is NC(Cc1ccccn1)c1ccc2ncccc2c1. The van der Waals surface area contributed by atoms with Gasteiger partial charge in [-0.05, 0) is 35.9 Å². The van der Waals surface area contributed by atoms with Gasteiger partial charge in [-0.25, -0.2) is 0 Å². The Morgan fingerprint density at radius 1 is 0.947 bits per heavy atom. The van der Waals surface area contributed by atoms with Gasteiger partial charge in [-0.3, -0.25) is 9.97 Å². The fraction of sp³-hybridized carbons (Fsp3) is 0.125. The number of hydrogen-bond acceptors (Lipinski definition) is 3. The molecule has 2 aromatic heterocycles. The third-order valence-corrected chi connectivity index (χ3v) is 3.21. The summed E-state index contributed by atoms with van der Waals surface area (Å²) in [5.41, 5.74) is 9.39. The first kappa shape index (κ1) is 11.8. The first-order valence-corrected chi connectivity index (χ1v) is 6.33. The predicted octanol–water partition coefficient (Wildman–Crippen LogP) is 2.87. The summed E-state index contributed by atoms with van der Waals surface area (Å²) < 4.78 is 0. The minimum absolute atomic E-state index is 0.0421. The molecule has 0 saturated heterocycles. The molecule has 0 saturated carbocycles. The molecule has 1 atom stereocenters. The van der Waals surface area contributed by atoms with Gasteiger partial charge in [0.2, 0.25) is 0 Å². The van der Waals surface area contributed by atoms with Gasteiger partial charge in [0.25, 0.3) is 0 Å².